The molecule has 16 N–H and O–H groups in total. The number of phenols is 1. The predicted octanol–water partition coefficient (Wildman–Crippen LogP) is -1.21. The number of β-amino-alcohol motifs (C(OH)–C–C–N with tert-alkyl or cyclic N) is 1. The minimum absolute atomic E-state index is 0.0189. The zero-order valence-corrected chi connectivity index (χ0v) is 56.4. The van der Waals surface area contributed by atoms with Crippen molar-refractivity contribution < 1.29 is 103 Å². The van der Waals surface area contributed by atoms with Crippen LogP contribution in [0.15, 0.2) is 66.7 Å². The number of fused-ring (bicyclic) bond motifs is 2. The highest BCUT2D eigenvalue weighted by Crippen LogP contribution is 2.35. The molecular formula is C65H89N11O21S2. The van der Waals surface area contributed by atoms with Crippen molar-refractivity contribution in [2.24, 2.45) is 11.8 Å². The Bertz CT molecular complexity index is 3360. The predicted molar refractivity (Wildman–Crippen MR) is 355 cm³/mol. The molecule has 0 radical (unpaired) electrons. The van der Waals surface area contributed by atoms with Crippen LogP contribution in [0, 0.1) is 11.8 Å². The number of aromatic hydroxyl groups is 1. The molecule has 5 heterocycles. The van der Waals surface area contributed by atoms with Crippen LogP contribution in [0.3, 0.4) is 0 Å². The summed E-state index contributed by atoms with van der Waals surface area (Å²) in [7, 11) is 0. The highest BCUT2D eigenvalue weighted by molar-refractivity contribution is 7.90. The summed E-state index contributed by atoms with van der Waals surface area (Å²) in [6.07, 6.45) is -4.04. The summed E-state index contributed by atoms with van der Waals surface area (Å²) < 4.78 is 15.7. The molecule has 0 unspecified atom stereocenters. The lowest BCUT2D eigenvalue weighted by Gasteiger charge is -2.34. The van der Waals surface area contributed by atoms with Crippen molar-refractivity contribution in [3.63, 3.8) is 0 Å². The van der Waals surface area contributed by atoms with E-state index in [4.69, 9.17) is 14.2 Å². The minimum Gasteiger partial charge on any atom is -0.504 e. The van der Waals surface area contributed by atoms with Crippen molar-refractivity contribution in [3.8, 4) is 32.6 Å². The van der Waals surface area contributed by atoms with Crippen molar-refractivity contribution in [1.29, 1.82) is 0 Å². The molecule has 5 aliphatic rings. The van der Waals surface area contributed by atoms with E-state index in [9.17, 15) is 79.5 Å². The third-order valence-electron chi connectivity index (χ3n) is 18.7. The Morgan fingerprint density at radius 3 is 2.05 bits per heavy atom. The molecule has 1 aromatic heterocycles. The summed E-state index contributed by atoms with van der Waals surface area (Å²) in [5.41, 5.74) is 2.68. The molecule has 5 fully saturated rings. The van der Waals surface area contributed by atoms with Gasteiger partial charge in [0.15, 0.2) is 11.5 Å². The molecule has 0 bridgehead atoms. The summed E-state index contributed by atoms with van der Waals surface area (Å²) in [6, 6.07) is 5.53. The van der Waals surface area contributed by atoms with E-state index in [0.29, 0.717) is 21.5 Å². The van der Waals surface area contributed by atoms with Gasteiger partial charge in [0.2, 0.25) is 35.4 Å². The highest BCUT2D eigenvalue weighted by atomic mass is 32.2. The maximum atomic E-state index is 15.0. The number of piperidine rings is 1. The normalized spacial score (nSPS) is 26.2. The van der Waals surface area contributed by atoms with Gasteiger partial charge in [-0.3, -0.25) is 33.6 Å². The SMILES string of the molecule is C[C@@H](O)[C@@H]1NC(=O)[C@@H](NC(=O)c2ccc(-c3nnc(-c4ccc(N5CCC(OCC6CCCCC6)CC5)cc4)s3)cc2)C[C@@H](O)CNC(=O)[C@@H]2[C@@H](O)[C@@H](C)CN2C(=O)[C@H]([C@H](O)CCNC(CO)CO)NC(=O)[C@H]([C@H](O)Cc2ccc(O)c(OSOOO)c2)NC(=O)[C@@H]2C[C@@H](O)CN2C1=O. The van der Waals surface area contributed by atoms with Gasteiger partial charge in [0.25, 0.3) is 18.2 Å². The van der Waals surface area contributed by atoms with Crippen LogP contribution in [0.5, 0.6) is 11.5 Å². The summed E-state index contributed by atoms with van der Waals surface area (Å²) in [4.78, 5) is 107. The number of benzene rings is 3. The lowest BCUT2D eigenvalue weighted by Crippen LogP contribution is -2.64. The monoisotopic (exact) mass is 1420 g/mol. The Balaban J connectivity index is 0.954. The summed E-state index contributed by atoms with van der Waals surface area (Å²) in [5.74, 6) is -8.92. The number of nitrogens with one attached hydrogen (secondary N) is 6. The van der Waals surface area contributed by atoms with E-state index in [-0.39, 0.29) is 48.4 Å². The molecular weight excluding hydrogens is 1330 g/mol. The molecule has 1 aliphatic carbocycles. The highest BCUT2D eigenvalue weighted by Gasteiger charge is 2.50. The van der Waals surface area contributed by atoms with Crippen LogP contribution in [0.1, 0.15) is 94.0 Å². The van der Waals surface area contributed by atoms with Gasteiger partial charge in [-0.1, -0.05) is 65.1 Å². The number of carbonyl (C=O) groups excluding carboxylic acids is 7. The Morgan fingerprint density at radius 1 is 0.747 bits per heavy atom. The van der Waals surface area contributed by atoms with Gasteiger partial charge in [-0.25, -0.2) is 5.26 Å². The average molecular weight is 1420 g/mol. The van der Waals surface area contributed by atoms with E-state index in [2.05, 4.69) is 68.5 Å². The van der Waals surface area contributed by atoms with Crippen LogP contribution in [0.25, 0.3) is 21.1 Å². The zero-order valence-electron chi connectivity index (χ0n) is 54.7. The molecule has 4 aliphatic heterocycles. The fraction of sp³-hybridized carbons (Fsp3) is 0.585. The van der Waals surface area contributed by atoms with Crippen molar-refractivity contribution >= 4 is 70.7 Å². The first-order valence-electron chi connectivity index (χ1n) is 33.2. The second kappa shape index (κ2) is 35.9. The van der Waals surface area contributed by atoms with Gasteiger partial charge in [0.1, 0.15) is 46.3 Å². The molecule has 9 rings (SSSR count). The summed E-state index contributed by atoms with van der Waals surface area (Å²) in [5, 5.41) is 136. The average Bonchev–Trinajstić information content (AvgIpc) is 1.70. The van der Waals surface area contributed by atoms with E-state index >= 15 is 0 Å². The van der Waals surface area contributed by atoms with E-state index in [1.807, 2.05) is 12.1 Å². The maximum absolute atomic E-state index is 15.0. The molecule has 4 aromatic rings. The Kier molecular flexibility index (Phi) is 27.5. The summed E-state index contributed by atoms with van der Waals surface area (Å²) >= 11 is 1.40. The molecule has 7 amide bonds. The Hall–Kier alpha value is -7.26. The number of aliphatic hydroxyl groups is 8. The minimum atomic E-state index is -2.16. The fourth-order valence-corrected chi connectivity index (χ4v) is 14.2. The lowest BCUT2D eigenvalue weighted by atomic mass is 9.90. The largest absolute Gasteiger partial charge is 0.504 e. The first kappa shape index (κ1) is 75.9. The van der Waals surface area contributed by atoms with Gasteiger partial charge < -0.3 is 101 Å². The molecule has 32 nitrogen and oxygen atoms in total. The third kappa shape index (κ3) is 19.8. The number of hydrogen-bond acceptors (Lipinski definition) is 27. The molecule has 3 aromatic carbocycles. The first-order chi connectivity index (χ1) is 47.5. The topological polar surface area (TPSA) is 466 Å². The van der Waals surface area contributed by atoms with Gasteiger partial charge in [0, 0.05) is 86.9 Å². The molecule has 0 spiro atoms. The molecule has 13 atom stereocenters. The van der Waals surface area contributed by atoms with Crippen LogP contribution in [0.4, 0.5) is 5.69 Å². The second-order valence-electron chi connectivity index (χ2n) is 26.0. The van der Waals surface area contributed by atoms with Crippen molar-refractivity contribution in [2.45, 2.75) is 169 Å². The number of aromatic nitrogens is 2. The number of phenolic OH excluding ortho intramolecular Hbond substituents is 1. The first-order valence-corrected chi connectivity index (χ1v) is 34.7. The fourth-order valence-electron chi connectivity index (χ4n) is 13.1. The molecule has 4 saturated heterocycles. The zero-order chi connectivity index (χ0) is 71.0. The van der Waals surface area contributed by atoms with Crippen LogP contribution < -0.4 is 41.0 Å². The molecule has 34 heteroatoms. The number of ether oxygens (including phenoxy) is 1. The van der Waals surface area contributed by atoms with Gasteiger partial charge in [-0.15, -0.1) is 10.2 Å². The quantitative estimate of drug-likeness (QED) is 0.0179. The van der Waals surface area contributed by atoms with Crippen molar-refractivity contribution in [1.82, 2.24) is 51.9 Å². The number of rotatable bonds is 23. The smallest absolute Gasteiger partial charge is 0.261 e. The van der Waals surface area contributed by atoms with E-state index in [1.165, 1.54) is 74.6 Å². The van der Waals surface area contributed by atoms with Gasteiger partial charge in [-0.2, -0.15) is 0 Å². The van der Waals surface area contributed by atoms with Crippen LogP contribution in [0.2, 0.25) is 0 Å². The van der Waals surface area contributed by atoms with Crippen LogP contribution in [-0.2, 0) is 49.3 Å². The molecule has 542 valence electrons. The number of carbonyl (C=O) groups is 7. The van der Waals surface area contributed by atoms with Gasteiger partial charge in [-0.05, 0) is 106 Å². The standard InChI is InChI=1S/C65H89N11O21S2/c1-34-29-76-55(56(34)85)61(90)67-28-43(80)26-46(68-57(86)38-9-11-39(12-10-38)62-72-73-63(98-62)40-13-15-42(16-14-40)74-22-19-45(20-23-74)94-33-36-6-4-3-5-7-36)58(87)69-52(35(2)79)64(91)75-30-44(81)27-47(75)59(88)70-53(50(84)24-37-8-17-48(82)51(25-37)95-99-97-96-93)60(89)71-54(65(76)92)49(83)18-21-66-41(31-77)32-78/h8-17,25,34-36,41,43-47,49-50,52-56,66,77-85,93H,3-7,18-24,26-33H2,1-2H3,(H,67,90)(H,68,86)(H,69,87)(H,70,88)(H,71,89)/t34-,35+,43+,44+,46-,47-,49+,50+,52-,53-,54-,55-,56-/m0/s1. The van der Waals surface area contributed by atoms with Crippen LogP contribution in [-0.4, -0.2) is 257 Å². The lowest BCUT2D eigenvalue weighted by molar-refractivity contribution is -0.433. The summed E-state index contributed by atoms with van der Waals surface area (Å²) in [6.45, 7) is 2.33. The van der Waals surface area contributed by atoms with Crippen molar-refractivity contribution in [3.05, 3.63) is 77.9 Å². The Morgan fingerprint density at radius 2 is 1.39 bits per heavy atom. The molecule has 99 heavy (non-hydrogen) atoms. The Labute approximate surface area is 579 Å². The second-order valence-corrected chi connectivity index (χ2v) is 27.4. The third-order valence-corrected chi connectivity index (χ3v) is 20.1. The van der Waals surface area contributed by atoms with Crippen molar-refractivity contribution in [2.75, 3.05) is 64.0 Å². The van der Waals surface area contributed by atoms with Crippen LogP contribution >= 0.6 is 23.7 Å². The number of nitrogens with zero attached hydrogens (tertiary/aromatic N) is 5. The number of aliphatic hydroxyl groups excluding tert-OH is 8. The van der Waals surface area contributed by atoms with E-state index in [0.717, 1.165) is 66.6 Å². The molecule has 1 saturated carbocycles. The van der Waals surface area contributed by atoms with Gasteiger partial charge >= 0.3 is 0 Å². The van der Waals surface area contributed by atoms with Gasteiger partial charge in [0.05, 0.1) is 62.0 Å². The van der Waals surface area contributed by atoms with E-state index < -0.39 is 184 Å². The maximum Gasteiger partial charge on any atom is 0.261 e. The van der Waals surface area contributed by atoms with E-state index in [1.54, 1.807) is 12.1 Å². The number of anilines is 1. The number of amides is 7. The number of hydrogen-bond donors (Lipinski definition) is 16.